The number of H-pyrrole nitrogens is 2. The second-order valence-corrected chi connectivity index (χ2v) is 8.66. The number of carbonyl (C=O) groups excluding carboxylic acids is 1. The average molecular weight is 452 g/mol. The van der Waals surface area contributed by atoms with Crippen LogP contribution in [0.5, 0.6) is 11.5 Å². The topological polar surface area (TPSA) is 127 Å². The molecule has 11 heteroatoms. The number of nitrogens with zero attached hydrogens (tertiary/aromatic N) is 3. The SMILES string of the molecule is CC(Sc1nnc(C2COc3ccccc3O2)n1C)C(=O)Nc1ccc2[nH]c(=O)[nH]c2c1. The van der Waals surface area contributed by atoms with E-state index < -0.39 is 11.4 Å². The molecule has 1 aliphatic heterocycles. The standard InChI is InChI=1S/C21H20N6O4S/c1-11(19(28)22-12-7-8-13-14(9-12)24-20(29)23-13)32-21-26-25-18(27(21)2)17-10-30-15-5-3-4-6-16(15)31-17/h3-9,11,17H,10H2,1-2H3,(H,22,28)(H2,23,24,29). The lowest BCUT2D eigenvalue weighted by molar-refractivity contribution is -0.115. The molecule has 2 atom stereocenters. The molecule has 0 saturated heterocycles. The van der Waals surface area contributed by atoms with Crippen LogP contribution in [0.25, 0.3) is 11.0 Å². The lowest BCUT2D eigenvalue weighted by Crippen LogP contribution is -2.25. The van der Waals surface area contributed by atoms with E-state index in [-0.39, 0.29) is 11.6 Å². The molecule has 4 aromatic rings. The van der Waals surface area contributed by atoms with Gasteiger partial charge in [0.25, 0.3) is 0 Å². The highest BCUT2D eigenvalue weighted by Crippen LogP contribution is 2.36. The minimum absolute atomic E-state index is 0.192. The van der Waals surface area contributed by atoms with Crippen LogP contribution in [0.15, 0.2) is 52.4 Å². The van der Waals surface area contributed by atoms with Crippen LogP contribution >= 0.6 is 11.8 Å². The van der Waals surface area contributed by atoms with Crippen molar-refractivity contribution in [3.8, 4) is 11.5 Å². The lowest BCUT2D eigenvalue weighted by Gasteiger charge is -2.25. The maximum absolute atomic E-state index is 12.7. The fourth-order valence-electron chi connectivity index (χ4n) is 3.42. The molecular formula is C21H20N6O4S. The molecule has 3 heterocycles. The number of benzene rings is 2. The van der Waals surface area contributed by atoms with Crippen molar-refractivity contribution in [2.24, 2.45) is 7.05 Å². The maximum atomic E-state index is 12.7. The van der Waals surface area contributed by atoms with E-state index in [0.29, 0.717) is 45.8 Å². The van der Waals surface area contributed by atoms with Gasteiger partial charge in [-0.05, 0) is 37.3 Å². The summed E-state index contributed by atoms with van der Waals surface area (Å²) < 4.78 is 13.6. The van der Waals surface area contributed by atoms with Crippen molar-refractivity contribution in [3.63, 3.8) is 0 Å². The molecule has 32 heavy (non-hydrogen) atoms. The van der Waals surface area contributed by atoms with E-state index in [1.807, 2.05) is 35.9 Å². The molecule has 10 nitrogen and oxygen atoms in total. The summed E-state index contributed by atoms with van der Waals surface area (Å²) in [5.41, 5.74) is 1.61. The van der Waals surface area contributed by atoms with Crippen LogP contribution in [0.3, 0.4) is 0 Å². The Kier molecular flexibility index (Phi) is 5.10. The predicted molar refractivity (Wildman–Crippen MR) is 119 cm³/mol. The zero-order valence-electron chi connectivity index (χ0n) is 17.3. The minimum atomic E-state index is -0.434. The molecule has 2 unspecified atom stereocenters. The zero-order chi connectivity index (χ0) is 22.2. The normalized spacial score (nSPS) is 16.1. The molecule has 0 bridgehead atoms. The number of hydrogen-bond acceptors (Lipinski definition) is 7. The van der Waals surface area contributed by atoms with Gasteiger partial charge in [0.05, 0.1) is 16.3 Å². The van der Waals surface area contributed by atoms with Crippen LogP contribution in [0.1, 0.15) is 18.9 Å². The molecule has 2 aromatic carbocycles. The first kappa shape index (κ1) is 20.2. The van der Waals surface area contributed by atoms with Crippen molar-refractivity contribution < 1.29 is 14.3 Å². The third kappa shape index (κ3) is 3.82. The number of aromatic nitrogens is 5. The van der Waals surface area contributed by atoms with E-state index in [1.165, 1.54) is 11.8 Å². The molecule has 164 valence electrons. The molecule has 0 spiro atoms. The molecule has 1 aliphatic rings. The molecular weight excluding hydrogens is 432 g/mol. The van der Waals surface area contributed by atoms with Crippen molar-refractivity contribution in [1.82, 2.24) is 24.7 Å². The highest BCUT2D eigenvalue weighted by molar-refractivity contribution is 8.00. The number of fused-ring (bicyclic) bond motifs is 2. The number of para-hydroxylation sites is 2. The van der Waals surface area contributed by atoms with Gasteiger partial charge < -0.3 is 29.3 Å². The van der Waals surface area contributed by atoms with Crippen LogP contribution in [0.4, 0.5) is 5.69 Å². The van der Waals surface area contributed by atoms with Crippen molar-refractivity contribution in [1.29, 1.82) is 0 Å². The van der Waals surface area contributed by atoms with Crippen molar-refractivity contribution in [2.45, 2.75) is 23.4 Å². The van der Waals surface area contributed by atoms with Gasteiger partial charge in [-0.2, -0.15) is 0 Å². The highest BCUT2D eigenvalue weighted by atomic mass is 32.2. The number of anilines is 1. The van der Waals surface area contributed by atoms with Gasteiger partial charge in [-0.3, -0.25) is 4.79 Å². The van der Waals surface area contributed by atoms with Crippen LogP contribution in [-0.2, 0) is 11.8 Å². The number of imidazole rings is 1. The number of thioether (sulfide) groups is 1. The maximum Gasteiger partial charge on any atom is 0.323 e. The molecule has 0 fully saturated rings. The van der Waals surface area contributed by atoms with Crippen LogP contribution < -0.4 is 20.5 Å². The number of rotatable bonds is 5. The number of amides is 1. The minimum Gasteiger partial charge on any atom is -0.485 e. The van der Waals surface area contributed by atoms with Crippen molar-refractivity contribution in [3.05, 3.63) is 58.8 Å². The first-order chi connectivity index (χ1) is 15.5. The van der Waals surface area contributed by atoms with Crippen molar-refractivity contribution >= 4 is 34.4 Å². The monoisotopic (exact) mass is 452 g/mol. The smallest absolute Gasteiger partial charge is 0.323 e. The third-order valence-corrected chi connectivity index (χ3v) is 6.23. The summed E-state index contributed by atoms with van der Waals surface area (Å²) in [5.74, 6) is 1.79. The predicted octanol–water partition coefficient (Wildman–Crippen LogP) is 2.62. The van der Waals surface area contributed by atoms with Gasteiger partial charge >= 0.3 is 5.69 Å². The number of hydrogen-bond donors (Lipinski definition) is 3. The number of carbonyl (C=O) groups is 1. The fraction of sp³-hybridized carbons (Fsp3) is 0.238. The van der Waals surface area contributed by atoms with Gasteiger partial charge in [-0.15, -0.1) is 10.2 Å². The molecule has 0 saturated carbocycles. The number of aromatic amines is 2. The van der Waals surface area contributed by atoms with E-state index in [9.17, 15) is 9.59 Å². The Morgan fingerprint density at radius 3 is 2.81 bits per heavy atom. The molecule has 3 N–H and O–H groups in total. The first-order valence-electron chi connectivity index (χ1n) is 9.95. The van der Waals surface area contributed by atoms with E-state index in [4.69, 9.17) is 9.47 Å². The fourth-order valence-corrected chi connectivity index (χ4v) is 4.24. The summed E-state index contributed by atoms with van der Waals surface area (Å²) in [6, 6.07) is 12.7. The largest absolute Gasteiger partial charge is 0.485 e. The van der Waals surface area contributed by atoms with Gasteiger partial charge in [0.1, 0.15) is 6.61 Å². The zero-order valence-corrected chi connectivity index (χ0v) is 18.1. The van der Waals surface area contributed by atoms with Gasteiger partial charge in [0.15, 0.2) is 28.6 Å². The summed E-state index contributed by atoms with van der Waals surface area (Å²) in [6.07, 6.45) is -0.392. The van der Waals surface area contributed by atoms with Crippen LogP contribution in [-0.4, -0.2) is 42.5 Å². The van der Waals surface area contributed by atoms with Crippen molar-refractivity contribution in [2.75, 3.05) is 11.9 Å². The van der Waals surface area contributed by atoms with Crippen LogP contribution in [0, 0.1) is 0 Å². The Balaban J connectivity index is 1.26. The summed E-state index contributed by atoms with van der Waals surface area (Å²) in [4.78, 5) is 29.5. The number of nitrogens with one attached hydrogen (secondary N) is 3. The Bertz CT molecular complexity index is 1360. The lowest BCUT2D eigenvalue weighted by atomic mass is 10.2. The number of ether oxygens (including phenoxy) is 2. The second kappa shape index (κ2) is 8.08. The van der Waals surface area contributed by atoms with Gasteiger partial charge in [0, 0.05) is 12.7 Å². The second-order valence-electron chi connectivity index (χ2n) is 7.35. The van der Waals surface area contributed by atoms with E-state index >= 15 is 0 Å². The van der Waals surface area contributed by atoms with E-state index in [2.05, 4.69) is 25.5 Å². The Labute approximate surface area is 186 Å². The van der Waals surface area contributed by atoms with Gasteiger partial charge in [-0.25, -0.2) is 4.79 Å². The van der Waals surface area contributed by atoms with Gasteiger partial charge in [0.2, 0.25) is 5.91 Å². The summed E-state index contributed by atoms with van der Waals surface area (Å²) >= 11 is 1.29. The Morgan fingerprint density at radius 2 is 1.97 bits per heavy atom. The summed E-state index contributed by atoms with van der Waals surface area (Å²) in [6.45, 7) is 2.12. The quantitative estimate of drug-likeness (QED) is 0.397. The summed E-state index contributed by atoms with van der Waals surface area (Å²) in [7, 11) is 1.84. The Morgan fingerprint density at radius 1 is 1.19 bits per heavy atom. The summed E-state index contributed by atoms with van der Waals surface area (Å²) in [5, 5.41) is 11.5. The van der Waals surface area contributed by atoms with E-state index in [0.717, 1.165) is 0 Å². The molecule has 1 amide bonds. The molecule has 5 rings (SSSR count). The molecule has 0 aliphatic carbocycles. The third-order valence-electron chi connectivity index (χ3n) is 5.10. The Hall–Kier alpha value is -3.73. The average Bonchev–Trinajstić information content (AvgIpc) is 3.34. The van der Waals surface area contributed by atoms with Crippen LogP contribution in [0.2, 0.25) is 0 Å². The molecule has 2 aromatic heterocycles. The highest BCUT2D eigenvalue weighted by Gasteiger charge is 2.28. The van der Waals surface area contributed by atoms with E-state index in [1.54, 1.807) is 25.1 Å². The van der Waals surface area contributed by atoms with Gasteiger partial charge in [-0.1, -0.05) is 23.9 Å². The molecule has 0 radical (unpaired) electrons. The first-order valence-corrected chi connectivity index (χ1v) is 10.8.